The van der Waals surface area contributed by atoms with E-state index in [2.05, 4.69) is 15.9 Å². The first kappa shape index (κ1) is 12.1. The van der Waals surface area contributed by atoms with E-state index in [9.17, 15) is 9.59 Å². The molecule has 0 N–H and O–H groups in total. The van der Waals surface area contributed by atoms with Crippen molar-refractivity contribution in [2.75, 3.05) is 5.33 Å². The highest BCUT2D eigenvalue weighted by molar-refractivity contribution is 9.09. The van der Waals surface area contributed by atoms with E-state index in [-0.39, 0.29) is 11.7 Å². The van der Waals surface area contributed by atoms with Crippen molar-refractivity contribution in [2.24, 2.45) is 13.0 Å². The summed E-state index contributed by atoms with van der Waals surface area (Å²) in [5, 5.41) is 0.614. The molecule has 1 aromatic heterocycles. The average molecular weight is 298 g/mol. The molecule has 1 unspecified atom stereocenters. The van der Waals surface area contributed by atoms with E-state index >= 15 is 0 Å². The van der Waals surface area contributed by atoms with Crippen molar-refractivity contribution < 1.29 is 9.21 Å². The summed E-state index contributed by atoms with van der Waals surface area (Å²) in [7, 11) is 1.64. The molecule has 0 amide bonds. The standard InChI is InChI=1S/C12H12BrNO3/c1-7(6-13)11(15)8-3-4-9-10(5-8)17-12(16)14(9)2/h3-5,7H,6H2,1-2H3. The predicted octanol–water partition coefficient (Wildman–Crippen LogP) is 2.35. The van der Waals surface area contributed by atoms with Gasteiger partial charge in [-0.25, -0.2) is 4.79 Å². The Morgan fingerprint density at radius 3 is 2.88 bits per heavy atom. The molecular formula is C12H12BrNO3. The summed E-state index contributed by atoms with van der Waals surface area (Å²) in [5.41, 5.74) is 1.71. The molecule has 0 aliphatic carbocycles. The molecule has 0 bridgehead atoms. The Bertz CT molecular complexity index is 626. The summed E-state index contributed by atoms with van der Waals surface area (Å²) in [6.07, 6.45) is 0. The Hall–Kier alpha value is -1.36. The van der Waals surface area contributed by atoms with Gasteiger partial charge in [0.2, 0.25) is 0 Å². The Kier molecular flexibility index (Phi) is 3.19. The van der Waals surface area contributed by atoms with Gasteiger partial charge in [-0.05, 0) is 18.2 Å². The number of carbonyl (C=O) groups excluding carboxylic acids is 1. The molecule has 1 heterocycles. The summed E-state index contributed by atoms with van der Waals surface area (Å²) >= 11 is 3.28. The van der Waals surface area contributed by atoms with Crippen LogP contribution in [-0.4, -0.2) is 15.7 Å². The molecule has 0 aliphatic heterocycles. The Balaban J connectivity index is 2.52. The number of aryl methyl sites for hydroxylation is 1. The molecule has 0 radical (unpaired) electrons. The third kappa shape index (κ3) is 2.07. The molecule has 4 nitrogen and oxygen atoms in total. The first-order valence-corrected chi connectivity index (χ1v) is 6.36. The molecule has 0 aliphatic rings. The highest BCUT2D eigenvalue weighted by atomic mass is 79.9. The number of ketones is 1. The third-order valence-corrected chi connectivity index (χ3v) is 3.73. The number of alkyl halides is 1. The fourth-order valence-corrected chi connectivity index (χ4v) is 1.94. The first-order chi connectivity index (χ1) is 8.04. The number of carbonyl (C=O) groups is 1. The van der Waals surface area contributed by atoms with Gasteiger partial charge in [0, 0.05) is 23.9 Å². The molecule has 1 atom stereocenters. The molecule has 0 spiro atoms. The number of fused-ring (bicyclic) bond motifs is 1. The molecule has 17 heavy (non-hydrogen) atoms. The lowest BCUT2D eigenvalue weighted by molar-refractivity contribution is 0.0942. The lowest BCUT2D eigenvalue weighted by Gasteiger charge is -2.05. The summed E-state index contributed by atoms with van der Waals surface area (Å²) in [6, 6.07) is 5.07. The van der Waals surface area contributed by atoms with Gasteiger partial charge in [0.15, 0.2) is 11.4 Å². The van der Waals surface area contributed by atoms with Crippen molar-refractivity contribution in [3.63, 3.8) is 0 Å². The zero-order valence-corrected chi connectivity index (χ0v) is 11.2. The Morgan fingerprint density at radius 2 is 2.24 bits per heavy atom. The largest absolute Gasteiger partial charge is 0.419 e. The van der Waals surface area contributed by atoms with Gasteiger partial charge in [0.05, 0.1) is 5.52 Å². The second kappa shape index (κ2) is 4.49. The van der Waals surface area contributed by atoms with Crippen LogP contribution in [0.1, 0.15) is 17.3 Å². The molecule has 1 aromatic carbocycles. The number of rotatable bonds is 3. The first-order valence-electron chi connectivity index (χ1n) is 5.24. The third-order valence-electron chi connectivity index (χ3n) is 2.76. The van der Waals surface area contributed by atoms with E-state index in [1.54, 1.807) is 25.2 Å². The molecule has 2 rings (SSSR count). The fourth-order valence-electron chi connectivity index (χ4n) is 1.64. The smallest absolute Gasteiger partial charge is 0.408 e. The van der Waals surface area contributed by atoms with Gasteiger partial charge in [-0.3, -0.25) is 9.36 Å². The molecule has 0 saturated heterocycles. The van der Waals surface area contributed by atoms with Gasteiger partial charge in [-0.1, -0.05) is 22.9 Å². The highest BCUT2D eigenvalue weighted by Gasteiger charge is 2.15. The van der Waals surface area contributed by atoms with Crippen LogP contribution in [0.3, 0.4) is 0 Å². The van der Waals surface area contributed by atoms with Gasteiger partial charge in [-0.2, -0.15) is 0 Å². The second-order valence-electron chi connectivity index (χ2n) is 4.03. The molecule has 5 heteroatoms. The quantitative estimate of drug-likeness (QED) is 0.645. The predicted molar refractivity (Wildman–Crippen MR) is 68.7 cm³/mol. The van der Waals surface area contributed by atoms with Crippen LogP contribution < -0.4 is 5.76 Å². The van der Waals surface area contributed by atoms with Gasteiger partial charge < -0.3 is 4.42 Å². The number of benzene rings is 1. The normalized spacial score (nSPS) is 12.9. The van der Waals surface area contributed by atoms with Crippen LogP contribution in [0.25, 0.3) is 11.1 Å². The van der Waals surface area contributed by atoms with E-state index in [1.807, 2.05) is 6.92 Å². The lowest BCUT2D eigenvalue weighted by Crippen LogP contribution is -2.12. The monoisotopic (exact) mass is 297 g/mol. The van der Waals surface area contributed by atoms with E-state index in [1.165, 1.54) is 4.57 Å². The Morgan fingerprint density at radius 1 is 1.53 bits per heavy atom. The number of nitrogens with zero attached hydrogens (tertiary/aromatic N) is 1. The summed E-state index contributed by atoms with van der Waals surface area (Å²) < 4.78 is 6.46. The summed E-state index contributed by atoms with van der Waals surface area (Å²) in [4.78, 5) is 23.3. The van der Waals surface area contributed by atoms with Crippen LogP contribution in [0.4, 0.5) is 0 Å². The molecule has 2 aromatic rings. The van der Waals surface area contributed by atoms with Crippen molar-refractivity contribution in [1.29, 1.82) is 0 Å². The maximum Gasteiger partial charge on any atom is 0.419 e. The minimum atomic E-state index is -0.418. The van der Waals surface area contributed by atoms with Crippen molar-refractivity contribution in [2.45, 2.75) is 6.92 Å². The minimum absolute atomic E-state index is 0.0373. The number of Topliss-reactive ketones (excluding diaryl/α,β-unsaturated/α-hetero) is 1. The van der Waals surface area contributed by atoms with Crippen LogP contribution >= 0.6 is 15.9 Å². The van der Waals surface area contributed by atoms with Crippen LogP contribution in [0.2, 0.25) is 0 Å². The van der Waals surface area contributed by atoms with E-state index in [4.69, 9.17) is 4.42 Å². The van der Waals surface area contributed by atoms with Crippen molar-refractivity contribution in [3.05, 3.63) is 34.3 Å². The lowest BCUT2D eigenvalue weighted by atomic mass is 10.0. The number of hydrogen-bond donors (Lipinski definition) is 0. The molecule has 0 fully saturated rings. The number of oxazole rings is 1. The van der Waals surface area contributed by atoms with Crippen LogP contribution in [-0.2, 0) is 7.05 Å². The minimum Gasteiger partial charge on any atom is -0.408 e. The fraction of sp³-hybridized carbons (Fsp3) is 0.333. The van der Waals surface area contributed by atoms with E-state index in [0.29, 0.717) is 22.0 Å². The van der Waals surface area contributed by atoms with Crippen LogP contribution in [0.5, 0.6) is 0 Å². The van der Waals surface area contributed by atoms with Crippen LogP contribution in [0, 0.1) is 5.92 Å². The van der Waals surface area contributed by atoms with Crippen LogP contribution in [0.15, 0.2) is 27.4 Å². The zero-order chi connectivity index (χ0) is 12.6. The number of hydrogen-bond acceptors (Lipinski definition) is 3. The van der Waals surface area contributed by atoms with Gasteiger partial charge >= 0.3 is 5.76 Å². The van der Waals surface area contributed by atoms with Gasteiger partial charge in [-0.15, -0.1) is 0 Å². The van der Waals surface area contributed by atoms with E-state index in [0.717, 1.165) is 0 Å². The maximum absolute atomic E-state index is 12.0. The average Bonchev–Trinajstić information content (AvgIpc) is 2.62. The summed E-state index contributed by atoms with van der Waals surface area (Å²) in [6.45, 7) is 1.85. The SMILES string of the molecule is CC(CBr)C(=O)c1ccc2c(c1)oc(=O)n2C. The van der Waals surface area contributed by atoms with Crippen molar-refractivity contribution >= 4 is 32.8 Å². The number of halogens is 1. The highest BCUT2D eigenvalue weighted by Crippen LogP contribution is 2.17. The number of aromatic nitrogens is 1. The zero-order valence-electron chi connectivity index (χ0n) is 9.57. The topological polar surface area (TPSA) is 52.2 Å². The van der Waals surface area contributed by atoms with Crippen molar-refractivity contribution in [3.8, 4) is 0 Å². The second-order valence-corrected chi connectivity index (χ2v) is 4.68. The maximum atomic E-state index is 12.0. The summed E-state index contributed by atoms with van der Waals surface area (Å²) in [5.74, 6) is -0.476. The van der Waals surface area contributed by atoms with E-state index < -0.39 is 5.76 Å². The van der Waals surface area contributed by atoms with Gasteiger partial charge in [0.1, 0.15) is 0 Å². The Labute approximate surface area is 106 Å². The molecule has 90 valence electrons. The van der Waals surface area contributed by atoms with Gasteiger partial charge in [0.25, 0.3) is 0 Å². The van der Waals surface area contributed by atoms with Crippen molar-refractivity contribution in [1.82, 2.24) is 4.57 Å². The molecular weight excluding hydrogens is 286 g/mol. The molecule has 0 saturated carbocycles.